The van der Waals surface area contributed by atoms with Gasteiger partial charge in [0.25, 0.3) is 5.91 Å². The Morgan fingerprint density at radius 1 is 1.24 bits per heavy atom. The van der Waals surface area contributed by atoms with Crippen LogP contribution in [-0.4, -0.2) is 22.1 Å². The average molecular weight is 287 g/mol. The fourth-order valence-corrected chi connectivity index (χ4v) is 1.75. The molecular formula is C14H17N5O2. The molecule has 7 heteroatoms. The van der Waals surface area contributed by atoms with Crippen molar-refractivity contribution in [1.82, 2.24) is 15.5 Å². The number of hydrogen-bond acceptors (Lipinski definition) is 3. The van der Waals surface area contributed by atoms with Crippen LogP contribution in [0.1, 0.15) is 27.2 Å². The number of nitrogens with one attached hydrogen (secondary N) is 3. The molecule has 0 atom stereocenters. The number of aryl methyl sites for hydroxylation is 1. The molecule has 2 rings (SSSR count). The average Bonchev–Trinajstić information content (AvgIpc) is 2.77. The van der Waals surface area contributed by atoms with Crippen molar-refractivity contribution in [1.29, 1.82) is 0 Å². The number of aromatic amines is 1. The van der Waals surface area contributed by atoms with E-state index in [-0.39, 0.29) is 5.91 Å². The number of carbonyl (C=O) groups is 2. The third kappa shape index (κ3) is 3.59. The molecule has 0 fully saturated rings. The summed E-state index contributed by atoms with van der Waals surface area (Å²) in [5.74, 6) is 0.288. The molecule has 1 aromatic heterocycles. The maximum atomic E-state index is 12.1. The van der Waals surface area contributed by atoms with E-state index in [1.54, 1.807) is 24.3 Å². The van der Waals surface area contributed by atoms with E-state index in [1.807, 2.05) is 13.8 Å². The molecule has 0 unspecified atom stereocenters. The highest BCUT2D eigenvalue weighted by Gasteiger charge is 2.11. The summed E-state index contributed by atoms with van der Waals surface area (Å²) in [4.78, 5) is 22.7. The lowest BCUT2D eigenvalue weighted by Gasteiger charge is -2.05. The third-order valence-electron chi connectivity index (χ3n) is 3.17. The standard InChI is InChI=1S/C14H17N5O2/c1-8-9(2)18-19-12(8)17-13(20)11-5-3-10(4-6-11)7-16-14(15)21/h3-6H,7H2,1-2H3,(H3,15,16,21)(H2,17,18,19,20). The topological polar surface area (TPSA) is 113 Å². The number of aromatic nitrogens is 2. The van der Waals surface area contributed by atoms with Gasteiger partial charge in [0, 0.05) is 23.4 Å². The van der Waals surface area contributed by atoms with Gasteiger partial charge in [0.05, 0.1) is 0 Å². The predicted octanol–water partition coefficient (Wildman–Crippen LogP) is 1.45. The number of H-pyrrole nitrogens is 1. The van der Waals surface area contributed by atoms with Crippen molar-refractivity contribution in [2.24, 2.45) is 5.73 Å². The number of nitrogens with two attached hydrogens (primary N) is 1. The van der Waals surface area contributed by atoms with E-state index in [4.69, 9.17) is 5.73 Å². The van der Waals surface area contributed by atoms with Crippen molar-refractivity contribution < 1.29 is 9.59 Å². The smallest absolute Gasteiger partial charge is 0.312 e. The van der Waals surface area contributed by atoms with Gasteiger partial charge in [-0.3, -0.25) is 9.89 Å². The minimum Gasteiger partial charge on any atom is -0.352 e. The molecule has 1 heterocycles. The molecule has 0 aliphatic rings. The lowest BCUT2D eigenvalue weighted by molar-refractivity contribution is 0.102. The Bertz CT molecular complexity index is 661. The highest BCUT2D eigenvalue weighted by molar-refractivity contribution is 6.04. The van der Waals surface area contributed by atoms with Gasteiger partial charge >= 0.3 is 6.03 Å². The second-order valence-corrected chi connectivity index (χ2v) is 4.69. The molecule has 0 saturated carbocycles. The molecule has 0 bridgehead atoms. The van der Waals surface area contributed by atoms with Gasteiger partial charge < -0.3 is 16.4 Å². The van der Waals surface area contributed by atoms with Crippen molar-refractivity contribution >= 4 is 17.8 Å². The van der Waals surface area contributed by atoms with Crippen LogP contribution in [0.3, 0.4) is 0 Å². The molecule has 3 amide bonds. The minimum atomic E-state index is -0.582. The number of carbonyl (C=O) groups excluding carboxylic acids is 2. The van der Waals surface area contributed by atoms with E-state index < -0.39 is 6.03 Å². The third-order valence-corrected chi connectivity index (χ3v) is 3.17. The molecule has 1 aromatic carbocycles. The van der Waals surface area contributed by atoms with Gasteiger partial charge in [0.1, 0.15) is 0 Å². The van der Waals surface area contributed by atoms with Gasteiger partial charge in [-0.25, -0.2) is 4.79 Å². The molecule has 0 aliphatic carbocycles. The minimum absolute atomic E-state index is 0.237. The van der Waals surface area contributed by atoms with Gasteiger partial charge in [0.15, 0.2) is 5.82 Å². The van der Waals surface area contributed by atoms with E-state index in [2.05, 4.69) is 20.8 Å². The molecule has 0 aliphatic heterocycles. The van der Waals surface area contributed by atoms with Crippen LogP contribution < -0.4 is 16.4 Å². The maximum Gasteiger partial charge on any atom is 0.312 e. The lowest BCUT2D eigenvalue weighted by Crippen LogP contribution is -2.28. The van der Waals surface area contributed by atoms with Crippen LogP contribution in [0.4, 0.5) is 10.6 Å². The van der Waals surface area contributed by atoms with Gasteiger partial charge in [-0.1, -0.05) is 12.1 Å². The number of amides is 3. The number of rotatable bonds is 4. The quantitative estimate of drug-likeness (QED) is 0.682. The second-order valence-electron chi connectivity index (χ2n) is 4.69. The van der Waals surface area contributed by atoms with Crippen molar-refractivity contribution in [2.45, 2.75) is 20.4 Å². The molecule has 110 valence electrons. The molecule has 0 saturated heterocycles. The molecule has 2 aromatic rings. The van der Waals surface area contributed by atoms with Crippen LogP contribution in [0.25, 0.3) is 0 Å². The summed E-state index contributed by atoms with van der Waals surface area (Å²) < 4.78 is 0. The van der Waals surface area contributed by atoms with Crippen molar-refractivity contribution in [2.75, 3.05) is 5.32 Å². The van der Waals surface area contributed by atoms with Crippen LogP contribution in [0, 0.1) is 13.8 Å². The first-order chi connectivity index (χ1) is 9.97. The molecule has 5 N–H and O–H groups in total. The van der Waals surface area contributed by atoms with Crippen LogP contribution in [0.15, 0.2) is 24.3 Å². The number of hydrogen-bond donors (Lipinski definition) is 4. The lowest BCUT2D eigenvalue weighted by atomic mass is 10.1. The first kappa shape index (κ1) is 14.6. The summed E-state index contributed by atoms with van der Waals surface area (Å²) in [6, 6.07) is 6.30. The monoisotopic (exact) mass is 287 g/mol. The molecule has 21 heavy (non-hydrogen) atoms. The Morgan fingerprint density at radius 3 is 2.43 bits per heavy atom. The second kappa shape index (κ2) is 6.08. The first-order valence-electron chi connectivity index (χ1n) is 6.42. The Kier molecular flexibility index (Phi) is 4.22. The van der Waals surface area contributed by atoms with E-state index in [1.165, 1.54) is 0 Å². The molecular weight excluding hydrogens is 270 g/mol. The zero-order chi connectivity index (χ0) is 15.4. The van der Waals surface area contributed by atoms with E-state index >= 15 is 0 Å². The molecule has 7 nitrogen and oxygen atoms in total. The Morgan fingerprint density at radius 2 is 1.90 bits per heavy atom. The maximum absolute atomic E-state index is 12.1. The Labute approximate surface area is 121 Å². The number of urea groups is 1. The zero-order valence-corrected chi connectivity index (χ0v) is 11.9. The van der Waals surface area contributed by atoms with Crippen molar-refractivity contribution in [3.63, 3.8) is 0 Å². The van der Waals surface area contributed by atoms with Crippen LogP contribution >= 0.6 is 0 Å². The number of anilines is 1. The number of benzene rings is 1. The normalized spacial score (nSPS) is 10.2. The number of nitrogens with zero attached hydrogens (tertiary/aromatic N) is 1. The highest BCUT2D eigenvalue weighted by Crippen LogP contribution is 2.15. The van der Waals surface area contributed by atoms with Gasteiger partial charge in [-0.2, -0.15) is 5.10 Å². The van der Waals surface area contributed by atoms with Gasteiger partial charge in [0.2, 0.25) is 0 Å². The summed E-state index contributed by atoms with van der Waals surface area (Å²) in [7, 11) is 0. The highest BCUT2D eigenvalue weighted by atomic mass is 16.2. The summed E-state index contributed by atoms with van der Waals surface area (Å²) in [5.41, 5.74) is 8.19. The summed E-state index contributed by atoms with van der Waals surface area (Å²) >= 11 is 0. The first-order valence-corrected chi connectivity index (χ1v) is 6.42. The van der Waals surface area contributed by atoms with Gasteiger partial charge in [-0.05, 0) is 31.5 Å². The van der Waals surface area contributed by atoms with Crippen molar-refractivity contribution in [3.05, 3.63) is 46.6 Å². The zero-order valence-electron chi connectivity index (χ0n) is 11.9. The van der Waals surface area contributed by atoms with E-state index in [9.17, 15) is 9.59 Å². The number of primary amides is 1. The van der Waals surface area contributed by atoms with Gasteiger partial charge in [-0.15, -0.1) is 0 Å². The Balaban J connectivity index is 2.03. The fraction of sp³-hybridized carbons (Fsp3) is 0.214. The summed E-state index contributed by atoms with van der Waals surface area (Å²) in [6.07, 6.45) is 0. The Hall–Kier alpha value is -2.83. The molecule has 0 radical (unpaired) electrons. The predicted molar refractivity (Wildman–Crippen MR) is 78.9 cm³/mol. The molecule has 0 spiro atoms. The largest absolute Gasteiger partial charge is 0.352 e. The van der Waals surface area contributed by atoms with E-state index in [0.717, 1.165) is 16.8 Å². The van der Waals surface area contributed by atoms with Crippen LogP contribution in [0.2, 0.25) is 0 Å². The summed E-state index contributed by atoms with van der Waals surface area (Å²) in [5, 5.41) is 12.1. The SMILES string of the molecule is Cc1[nH]nc(NC(=O)c2ccc(CNC(N)=O)cc2)c1C. The van der Waals surface area contributed by atoms with Crippen LogP contribution in [0.5, 0.6) is 0 Å². The fourth-order valence-electron chi connectivity index (χ4n) is 1.75. The van der Waals surface area contributed by atoms with Crippen LogP contribution in [-0.2, 0) is 6.54 Å². The summed E-state index contributed by atoms with van der Waals surface area (Å²) in [6.45, 7) is 4.10. The van der Waals surface area contributed by atoms with Crippen molar-refractivity contribution in [3.8, 4) is 0 Å². The van der Waals surface area contributed by atoms with E-state index in [0.29, 0.717) is 17.9 Å².